The van der Waals surface area contributed by atoms with E-state index in [2.05, 4.69) is 10.1 Å². The van der Waals surface area contributed by atoms with Crippen molar-refractivity contribution >= 4 is 16.3 Å². The molecule has 0 aliphatic heterocycles. The molecule has 0 bridgehead atoms. The van der Waals surface area contributed by atoms with Gasteiger partial charge in [-0.25, -0.2) is 4.98 Å². The monoisotopic (exact) mass is 368 g/mol. The van der Waals surface area contributed by atoms with E-state index in [-0.39, 0.29) is 5.56 Å². The molecule has 0 spiro atoms. The van der Waals surface area contributed by atoms with Crippen molar-refractivity contribution in [1.29, 1.82) is 0 Å². The second-order valence-corrected chi connectivity index (χ2v) is 6.83. The summed E-state index contributed by atoms with van der Waals surface area (Å²) in [5.41, 5.74) is 0.516. The molecule has 5 nitrogen and oxygen atoms in total. The van der Waals surface area contributed by atoms with E-state index in [1.165, 1.54) is 34.1 Å². The molecule has 0 aliphatic rings. The SMILES string of the molecule is Cc1cc(=O)n2nc(CN(C)Cc3ccc(C(F)(F)F)cc3)sc2n1. The molecule has 0 saturated carbocycles. The number of fused-ring (bicyclic) bond motifs is 1. The first-order chi connectivity index (χ1) is 11.7. The van der Waals surface area contributed by atoms with E-state index in [1.54, 1.807) is 6.92 Å². The van der Waals surface area contributed by atoms with Gasteiger partial charge in [0.2, 0.25) is 4.96 Å². The Hall–Kier alpha value is -2.26. The molecule has 2 heterocycles. The Labute approximate surface area is 145 Å². The van der Waals surface area contributed by atoms with E-state index in [4.69, 9.17) is 0 Å². The predicted molar refractivity (Wildman–Crippen MR) is 88.5 cm³/mol. The van der Waals surface area contributed by atoms with E-state index >= 15 is 0 Å². The fraction of sp³-hybridized carbons (Fsp3) is 0.312. The first-order valence-corrected chi connectivity index (χ1v) is 8.25. The zero-order valence-corrected chi connectivity index (χ0v) is 14.4. The van der Waals surface area contributed by atoms with Gasteiger partial charge in [-0.05, 0) is 31.7 Å². The van der Waals surface area contributed by atoms with Gasteiger partial charge in [0.15, 0.2) is 0 Å². The summed E-state index contributed by atoms with van der Waals surface area (Å²) in [5.74, 6) is 0. The molecule has 25 heavy (non-hydrogen) atoms. The van der Waals surface area contributed by atoms with Crippen LogP contribution in [0.2, 0.25) is 0 Å². The molecule has 3 aromatic rings. The lowest BCUT2D eigenvalue weighted by molar-refractivity contribution is -0.137. The molecule has 9 heteroatoms. The molecule has 0 aliphatic carbocycles. The fourth-order valence-corrected chi connectivity index (χ4v) is 3.45. The van der Waals surface area contributed by atoms with Crippen LogP contribution in [0.25, 0.3) is 4.96 Å². The molecule has 0 fully saturated rings. The second-order valence-electron chi connectivity index (χ2n) is 5.79. The number of benzene rings is 1. The molecule has 0 radical (unpaired) electrons. The van der Waals surface area contributed by atoms with E-state index in [9.17, 15) is 18.0 Å². The van der Waals surface area contributed by atoms with Crippen LogP contribution in [-0.2, 0) is 19.3 Å². The van der Waals surface area contributed by atoms with Gasteiger partial charge in [0.1, 0.15) is 5.01 Å². The Bertz CT molecular complexity index is 947. The predicted octanol–water partition coefficient (Wildman–Crippen LogP) is 3.11. The van der Waals surface area contributed by atoms with Gasteiger partial charge in [0.05, 0.1) is 12.1 Å². The molecule has 0 N–H and O–H groups in total. The van der Waals surface area contributed by atoms with Crippen molar-refractivity contribution in [1.82, 2.24) is 19.5 Å². The zero-order valence-electron chi connectivity index (χ0n) is 13.5. The van der Waals surface area contributed by atoms with Crippen molar-refractivity contribution in [3.8, 4) is 0 Å². The molecular formula is C16H15F3N4OS. The third-order valence-corrected chi connectivity index (χ3v) is 4.45. The average molecular weight is 368 g/mol. The third kappa shape index (κ3) is 4.05. The molecular weight excluding hydrogens is 353 g/mol. The second kappa shape index (κ2) is 6.57. The molecule has 0 amide bonds. The van der Waals surface area contributed by atoms with Crippen molar-refractivity contribution in [2.45, 2.75) is 26.2 Å². The summed E-state index contributed by atoms with van der Waals surface area (Å²) < 4.78 is 39.0. The Morgan fingerprint density at radius 1 is 1.20 bits per heavy atom. The van der Waals surface area contributed by atoms with E-state index in [1.807, 2.05) is 11.9 Å². The van der Waals surface area contributed by atoms with Crippen molar-refractivity contribution in [3.63, 3.8) is 0 Å². The van der Waals surface area contributed by atoms with Gasteiger partial charge < -0.3 is 0 Å². The van der Waals surface area contributed by atoms with Crippen molar-refractivity contribution in [2.24, 2.45) is 0 Å². The first-order valence-electron chi connectivity index (χ1n) is 7.43. The summed E-state index contributed by atoms with van der Waals surface area (Å²) in [4.78, 5) is 18.6. The van der Waals surface area contributed by atoms with Crippen molar-refractivity contribution in [2.75, 3.05) is 7.05 Å². The molecule has 0 unspecified atom stereocenters. The smallest absolute Gasteiger partial charge is 0.295 e. The normalized spacial score (nSPS) is 12.2. The number of rotatable bonds is 4. The highest BCUT2D eigenvalue weighted by Gasteiger charge is 2.29. The molecule has 2 aromatic heterocycles. The van der Waals surface area contributed by atoms with Gasteiger partial charge in [0, 0.05) is 18.3 Å². The lowest BCUT2D eigenvalue weighted by Gasteiger charge is -2.15. The molecule has 3 rings (SSSR count). The topological polar surface area (TPSA) is 50.5 Å². The lowest BCUT2D eigenvalue weighted by Crippen LogP contribution is -2.18. The van der Waals surface area contributed by atoms with Crippen molar-refractivity contribution < 1.29 is 13.2 Å². The molecule has 132 valence electrons. The number of hydrogen-bond donors (Lipinski definition) is 0. The fourth-order valence-electron chi connectivity index (χ4n) is 2.42. The third-order valence-electron chi connectivity index (χ3n) is 3.55. The van der Waals surface area contributed by atoms with Crippen LogP contribution < -0.4 is 5.56 Å². The van der Waals surface area contributed by atoms with Gasteiger partial charge in [0.25, 0.3) is 5.56 Å². The average Bonchev–Trinajstić information content (AvgIpc) is 2.89. The Morgan fingerprint density at radius 3 is 2.52 bits per heavy atom. The number of alkyl halides is 3. The Balaban J connectivity index is 1.71. The summed E-state index contributed by atoms with van der Waals surface area (Å²) >= 11 is 1.32. The standard InChI is InChI=1S/C16H15F3N4OS/c1-10-7-14(24)23-15(20-10)25-13(21-23)9-22(2)8-11-3-5-12(6-4-11)16(17,18)19/h3-7H,8-9H2,1-2H3. The number of aryl methyl sites for hydroxylation is 1. The van der Waals surface area contributed by atoms with Crippen LogP contribution >= 0.6 is 11.3 Å². The van der Waals surface area contributed by atoms with Crippen LogP contribution in [0.1, 0.15) is 21.8 Å². The molecule has 0 atom stereocenters. The Morgan fingerprint density at radius 2 is 1.88 bits per heavy atom. The number of hydrogen-bond acceptors (Lipinski definition) is 5. The van der Waals surface area contributed by atoms with Crippen LogP contribution in [0.3, 0.4) is 0 Å². The highest BCUT2D eigenvalue weighted by molar-refractivity contribution is 7.16. The molecule has 0 saturated heterocycles. The number of halogens is 3. The van der Waals surface area contributed by atoms with Crippen molar-refractivity contribution in [3.05, 3.63) is 62.5 Å². The quantitative estimate of drug-likeness (QED) is 0.710. The summed E-state index contributed by atoms with van der Waals surface area (Å²) in [6.45, 7) is 2.68. The minimum atomic E-state index is -4.33. The van der Waals surface area contributed by atoms with Crippen LogP contribution in [0.15, 0.2) is 35.1 Å². The zero-order chi connectivity index (χ0) is 18.2. The van der Waals surface area contributed by atoms with Gasteiger partial charge in [-0.1, -0.05) is 23.5 Å². The van der Waals surface area contributed by atoms with Gasteiger partial charge in [-0.15, -0.1) is 0 Å². The number of nitrogens with zero attached hydrogens (tertiary/aromatic N) is 4. The Kier molecular flexibility index (Phi) is 4.61. The number of aromatic nitrogens is 3. The van der Waals surface area contributed by atoms with E-state index in [0.29, 0.717) is 28.8 Å². The van der Waals surface area contributed by atoms with Crippen LogP contribution in [-0.4, -0.2) is 26.5 Å². The van der Waals surface area contributed by atoms with E-state index in [0.717, 1.165) is 17.7 Å². The van der Waals surface area contributed by atoms with E-state index < -0.39 is 11.7 Å². The maximum atomic E-state index is 12.6. The maximum Gasteiger partial charge on any atom is 0.416 e. The minimum Gasteiger partial charge on any atom is -0.295 e. The lowest BCUT2D eigenvalue weighted by atomic mass is 10.1. The summed E-state index contributed by atoms with van der Waals surface area (Å²) in [5, 5.41) is 4.96. The van der Waals surface area contributed by atoms with Crippen LogP contribution in [0, 0.1) is 6.92 Å². The first kappa shape index (κ1) is 17.6. The van der Waals surface area contributed by atoms with Crippen LogP contribution in [0.4, 0.5) is 13.2 Å². The highest BCUT2D eigenvalue weighted by atomic mass is 32.1. The largest absolute Gasteiger partial charge is 0.416 e. The minimum absolute atomic E-state index is 0.226. The summed E-state index contributed by atoms with van der Waals surface area (Å²) in [6.07, 6.45) is -4.33. The van der Waals surface area contributed by atoms with Gasteiger partial charge >= 0.3 is 6.18 Å². The summed E-state index contributed by atoms with van der Waals surface area (Å²) in [7, 11) is 1.84. The molecule has 1 aromatic carbocycles. The maximum absolute atomic E-state index is 12.6. The van der Waals surface area contributed by atoms with Crippen LogP contribution in [0.5, 0.6) is 0 Å². The van der Waals surface area contributed by atoms with Gasteiger partial charge in [-0.2, -0.15) is 22.8 Å². The summed E-state index contributed by atoms with van der Waals surface area (Å²) in [6, 6.07) is 6.50. The van der Waals surface area contributed by atoms with Gasteiger partial charge in [-0.3, -0.25) is 9.69 Å². The highest BCUT2D eigenvalue weighted by Crippen LogP contribution is 2.29.